The Kier molecular flexibility index (Phi) is 13.6. The van der Waals surface area contributed by atoms with Crippen LogP contribution in [0.1, 0.15) is 112 Å². The summed E-state index contributed by atoms with van der Waals surface area (Å²) in [4.78, 5) is 37.0. The topological polar surface area (TPSA) is 208 Å². The molecule has 4 fully saturated rings. The van der Waals surface area contributed by atoms with E-state index < -0.39 is 55.6 Å². The second-order valence-electron chi connectivity index (χ2n) is 20.7. The number of sulfonamides is 1. The molecule has 1 amide bonds. The van der Waals surface area contributed by atoms with Crippen LogP contribution >= 0.6 is 0 Å². The van der Waals surface area contributed by atoms with Crippen LogP contribution in [0.3, 0.4) is 0 Å². The predicted octanol–water partition coefficient (Wildman–Crippen LogP) is 9.40. The Balaban J connectivity index is 0.880. The molecular formula is C52H60F2N6O11S. The van der Waals surface area contributed by atoms with Gasteiger partial charge in [0.1, 0.15) is 24.1 Å². The van der Waals surface area contributed by atoms with Gasteiger partial charge in [-0.25, -0.2) is 13.1 Å². The Hall–Kier alpha value is -6.09. The molecule has 2 saturated carbocycles. The fourth-order valence-corrected chi connectivity index (χ4v) is 12.5. The highest BCUT2D eigenvalue weighted by Gasteiger charge is 2.50. The highest BCUT2D eigenvalue weighted by molar-refractivity contribution is 7.90. The van der Waals surface area contributed by atoms with Gasteiger partial charge in [-0.1, -0.05) is 38.1 Å². The van der Waals surface area contributed by atoms with Gasteiger partial charge in [0.2, 0.25) is 5.75 Å². The van der Waals surface area contributed by atoms with Gasteiger partial charge in [0.15, 0.2) is 11.5 Å². The number of hydrogen-bond donors (Lipinski definition) is 3. The molecule has 5 aromatic rings. The smallest absolute Gasteiger partial charge is 0.388 e. The zero-order valence-electron chi connectivity index (χ0n) is 40.5. The van der Waals surface area contributed by atoms with Gasteiger partial charge < -0.3 is 38.7 Å². The number of pyridine rings is 1. The fraction of sp³-hybridized carbons (Fsp3) is 0.500. The van der Waals surface area contributed by atoms with E-state index in [1.165, 1.54) is 23.3 Å². The van der Waals surface area contributed by atoms with Crippen LogP contribution in [0.4, 0.5) is 20.2 Å². The fourth-order valence-electron chi connectivity index (χ4n) is 11.5. The molecule has 384 valence electrons. The number of hydrogen-bond acceptors (Lipinski definition) is 14. The van der Waals surface area contributed by atoms with Crippen LogP contribution in [0.15, 0.2) is 77.8 Å². The number of nitrogens with one attached hydrogen (secondary N) is 2. The van der Waals surface area contributed by atoms with Crippen LogP contribution in [-0.2, 0) is 14.8 Å². The molecule has 2 saturated heterocycles. The first-order valence-electron chi connectivity index (χ1n) is 24.8. The number of nitrogens with zero attached hydrogens (tertiary/aromatic N) is 4. The van der Waals surface area contributed by atoms with E-state index in [4.69, 9.17) is 23.7 Å². The van der Waals surface area contributed by atoms with Gasteiger partial charge in [-0.15, -0.1) is 0 Å². The van der Waals surface area contributed by atoms with Crippen molar-refractivity contribution in [3.05, 3.63) is 99.7 Å². The van der Waals surface area contributed by atoms with Gasteiger partial charge in [-0.05, 0) is 117 Å². The van der Waals surface area contributed by atoms with Crippen molar-refractivity contribution in [3.8, 4) is 28.9 Å². The monoisotopic (exact) mass is 1010 g/mol. The number of ether oxygens (including phenoxy) is 5. The minimum Gasteiger partial charge on any atom is -0.486 e. The number of morpholine rings is 1. The summed E-state index contributed by atoms with van der Waals surface area (Å²) in [5, 5.41) is 23.3. The summed E-state index contributed by atoms with van der Waals surface area (Å²) in [7, 11) is -4.84. The lowest BCUT2D eigenvalue weighted by molar-refractivity contribution is -0.386. The van der Waals surface area contributed by atoms with Crippen molar-refractivity contribution in [3.63, 3.8) is 0 Å². The maximum absolute atomic E-state index is 14.2. The Morgan fingerprint density at radius 2 is 1.78 bits per heavy atom. The quantitative estimate of drug-likeness (QED) is 0.0700. The normalized spacial score (nSPS) is 23.6. The first-order valence-corrected chi connectivity index (χ1v) is 26.2. The molecule has 5 aliphatic rings. The lowest BCUT2D eigenvalue weighted by Crippen LogP contribution is -2.58. The number of halogens is 2. The standard InChI is InChI=1S/C52H60F2N6O11S/c1-31(2)38-6-4-5-7-39(38)42-30-67-21-20-59(42)35-27-52(28-35)15-18-58(19-16-52)34-8-9-40(43(24-34)70-45-23-33-12-17-55-47(33)56-49(45)71-50(53)54)48(61)57-72(65,66)37-25-41(60(63)64)46-44(26-37)68-29-36(69-46)22-32-10-13-51(3,62)14-11-32/h4-9,12,17,23-26,31-32,35-36,42,50,62H,10-11,13-16,18-22,27-30H2,1-3H3,(H,55,56)(H,57,61)/t32?,36-,42+,51?/m1/s1. The SMILES string of the molecule is CC(C)c1ccccc1[C@@H]1COCCN1C1CC2(CCN(c3ccc(C(=O)NS(=O)(=O)c4cc5c(c([N+](=O)[O-])c4)O[C@H](CC4CCC(C)(O)CC4)CO5)c(Oc4cc5cc[nH]c5nc4OC(F)F)c3)CC2)C1. The van der Waals surface area contributed by atoms with Crippen LogP contribution in [0, 0.1) is 21.4 Å². The second kappa shape index (κ2) is 19.7. The maximum Gasteiger partial charge on any atom is 0.388 e. The van der Waals surface area contributed by atoms with Gasteiger partial charge in [0, 0.05) is 61.1 Å². The minimum atomic E-state index is -4.84. The number of carbonyl (C=O) groups is 1. The summed E-state index contributed by atoms with van der Waals surface area (Å²) >= 11 is 0. The number of fused-ring (bicyclic) bond motifs is 2. The van der Waals surface area contributed by atoms with Gasteiger partial charge >= 0.3 is 12.3 Å². The molecule has 10 rings (SSSR count). The van der Waals surface area contributed by atoms with Crippen LogP contribution in [0.5, 0.6) is 28.9 Å². The van der Waals surface area contributed by atoms with Crippen molar-refractivity contribution in [1.29, 1.82) is 0 Å². The zero-order valence-corrected chi connectivity index (χ0v) is 41.3. The van der Waals surface area contributed by atoms with Gasteiger partial charge in [-0.2, -0.15) is 13.8 Å². The predicted molar refractivity (Wildman–Crippen MR) is 262 cm³/mol. The molecular weight excluding hydrogens is 955 g/mol. The molecule has 3 aromatic carbocycles. The molecule has 17 nitrogen and oxygen atoms in total. The molecule has 3 aliphatic heterocycles. The number of alkyl halides is 2. The van der Waals surface area contributed by atoms with Crippen molar-refractivity contribution >= 4 is 38.3 Å². The first kappa shape index (κ1) is 49.5. The molecule has 2 aliphatic carbocycles. The number of rotatable bonds is 14. The number of aromatic amines is 1. The molecule has 3 N–H and O–H groups in total. The number of anilines is 1. The van der Waals surface area contributed by atoms with Gasteiger partial charge in [0.05, 0.1) is 40.2 Å². The van der Waals surface area contributed by atoms with Crippen molar-refractivity contribution in [2.75, 3.05) is 44.4 Å². The van der Waals surface area contributed by atoms with E-state index in [1.807, 2.05) is 4.72 Å². The van der Waals surface area contributed by atoms with Crippen molar-refractivity contribution in [2.24, 2.45) is 11.3 Å². The third-order valence-corrected chi connectivity index (χ3v) is 16.8. The van der Waals surface area contributed by atoms with Gasteiger partial charge in [-0.3, -0.25) is 19.8 Å². The Morgan fingerprint density at radius 3 is 2.51 bits per heavy atom. The number of carbonyl (C=O) groups excluding carboxylic acids is 1. The van der Waals surface area contributed by atoms with Crippen LogP contribution < -0.4 is 28.6 Å². The van der Waals surface area contributed by atoms with E-state index in [0.29, 0.717) is 68.6 Å². The largest absolute Gasteiger partial charge is 0.486 e. The number of benzene rings is 3. The highest BCUT2D eigenvalue weighted by atomic mass is 32.2. The summed E-state index contributed by atoms with van der Waals surface area (Å²) in [6.07, 6.45) is 8.22. The van der Waals surface area contributed by atoms with E-state index in [9.17, 15) is 37.2 Å². The molecule has 0 unspecified atom stereocenters. The van der Waals surface area contributed by atoms with Crippen molar-refractivity contribution in [1.82, 2.24) is 19.6 Å². The second-order valence-corrected chi connectivity index (χ2v) is 22.4. The average Bonchev–Trinajstić information content (AvgIpc) is 3.80. The lowest BCUT2D eigenvalue weighted by atomic mass is 9.59. The summed E-state index contributed by atoms with van der Waals surface area (Å²) < 4.78 is 86.6. The number of nitro groups is 1. The van der Waals surface area contributed by atoms with Crippen molar-refractivity contribution in [2.45, 2.75) is 120 Å². The minimum absolute atomic E-state index is 0.00200. The van der Waals surface area contributed by atoms with E-state index in [-0.39, 0.29) is 58.2 Å². The third kappa shape index (κ3) is 10.3. The first-order chi connectivity index (χ1) is 34.4. The molecule has 0 radical (unpaired) electrons. The van der Waals surface area contributed by atoms with Gasteiger partial charge in [0.25, 0.3) is 21.8 Å². The summed E-state index contributed by atoms with van der Waals surface area (Å²) in [5.74, 6) is -1.98. The number of H-pyrrole nitrogens is 1. The Morgan fingerprint density at radius 1 is 1.01 bits per heavy atom. The van der Waals surface area contributed by atoms with E-state index in [0.717, 1.165) is 57.2 Å². The van der Waals surface area contributed by atoms with Crippen LogP contribution in [0.2, 0.25) is 0 Å². The van der Waals surface area contributed by atoms with E-state index in [1.54, 1.807) is 31.3 Å². The average molecular weight is 1020 g/mol. The molecule has 2 atom stereocenters. The number of nitro benzene ring substituents is 1. The van der Waals surface area contributed by atoms with Crippen LogP contribution in [0.25, 0.3) is 11.0 Å². The third-order valence-electron chi connectivity index (χ3n) is 15.5. The number of amides is 1. The van der Waals surface area contributed by atoms with Crippen LogP contribution in [-0.4, -0.2) is 103 Å². The zero-order chi connectivity index (χ0) is 50.5. The van der Waals surface area contributed by atoms with E-state index >= 15 is 0 Å². The number of aliphatic hydroxyl groups is 1. The molecule has 0 bridgehead atoms. The Bertz CT molecular complexity index is 2940. The molecule has 72 heavy (non-hydrogen) atoms. The number of aromatic nitrogens is 2. The summed E-state index contributed by atoms with van der Waals surface area (Å²) in [5.41, 5.74) is 2.03. The highest BCUT2D eigenvalue weighted by Crippen LogP contribution is 2.54. The molecule has 20 heteroatoms. The number of piperidine rings is 1. The molecule has 2 aromatic heterocycles. The molecule has 1 spiro atoms. The van der Waals surface area contributed by atoms with E-state index in [2.05, 4.69) is 57.9 Å². The Labute approximate surface area is 416 Å². The molecule has 5 heterocycles. The van der Waals surface area contributed by atoms with Crippen molar-refractivity contribution < 1.29 is 55.7 Å². The summed E-state index contributed by atoms with van der Waals surface area (Å²) in [6.45, 7) is 6.56. The maximum atomic E-state index is 14.2. The summed E-state index contributed by atoms with van der Waals surface area (Å²) in [6, 6.07) is 18.8. The lowest BCUT2D eigenvalue weighted by Gasteiger charge is -2.57.